The van der Waals surface area contributed by atoms with Gasteiger partial charge in [0, 0.05) is 6.42 Å². The quantitative estimate of drug-likeness (QED) is 0.851. The summed E-state index contributed by atoms with van der Waals surface area (Å²) >= 11 is 0. The van der Waals surface area contributed by atoms with E-state index in [0.29, 0.717) is 11.3 Å². The Kier molecular flexibility index (Phi) is 4.49. The normalized spacial score (nSPS) is 12.1. The predicted octanol–water partition coefficient (Wildman–Crippen LogP) is 1.93. The smallest absolute Gasteiger partial charge is 0.231 e. The van der Waals surface area contributed by atoms with Crippen molar-refractivity contribution in [2.45, 2.75) is 31.6 Å². The maximum Gasteiger partial charge on any atom is 0.231 e. The van der Waals surface area contributed by atoms with Crippen LogP contribution in [0.4, 0.5) is 0 Å². The molecule has 0 aliphatic heterocycles. The van der Waals surface area contributed by atoms with Crippen LogP contribution in [0.5, 0.6) is 0 Å². The van der Waals surface area contributed by atoms with E-state index in [1.807, 2.05) is 26.0 Å². The van der Waals surface area contributed by atoms with Crippen LogP contribution in [0.1, 0.15) is 25.3 Å². The van der Waals surface area contributed by atoms with E-state index in [1.54, 1.807) is 12.1 Å². The Morgan fingerprint density at radius 2 is 1.93 bits per heavy atom. The monoisotopic (exact) mass is 225 g/mol. The fraction of sp³-hybridized carbons (Fsp3) is 0.364. The van der Waals surface area contributed by atoms with Crippen molar-refractivity contribution in [3.05, 3.63) is 29.8 Å². The Balaban J connectivity index is 2.61. The van der Waals surface area contributed by atoms with Crippen molar-refractivity contribution in [3.63, 3.8) is 0 Å². The van der Waals surface area contributed by atoms with Gasteiger partial charge in [-0.05, 0) is 25.5 Å². The molecule has 1 N–H and O–H groups in total. The minimum atomic E-state index is -1.42. The van der Waals surface area contributed by atoms with Crippen LogP contribution in [0.3, 0.4) is 0 Å². The molecule has 1 rings (SSSR count). The summed E-state index contributed by atoms with van der Waals surface area (Å²) < 4.78 is 14.1. The van der Waals surface area contributed by atoms with Crippen LogP contribution in [0.15, 0.2) is 29.2 Å². The molecule has 0 aliphatic carbocycles. The first-order chi connectivity index (χ1) is 7.13. The first-order valence-corrected chi connectivity index (χ1v) is 6.06. The minimum Gasteiger partial charge on any atom is -0.274 e. The lowest BCUT2D eigenvalue weighted by molar-refractivity contribution is -0.119. The van der Waals surface area contributed by atoms with Gasteiger partial charge in [0.05, 0.1) is 4.90 Å². The zero-order chi connectivity index (χ0) is 11.3. The highest BCUT2D eigenvalue weighted by molar-refractivity contribution is 7.83. The summed E-state index contributed by atoms with van der Waals surface area (Å²) in [5.41, 5.74) is 1.11. The minimum absolute atomic E-state index is 0.170. The fourth-order valence-electron chi connectivity index (χ4n) is 1.10. The van der Waals surface area contributed by atoms with E-state index in [9.17, 15) is 9.00 Å². The van der Waals surface area contributed by atoms with Crippen LogP contribution in [0.25, 0.3) is 0 Å². The number of rotatable bonds is 4. The van der Waals surface area contributed by atoms with Gasteiger partial charge in [-0.15, -0.1) is 0 Å². The topological polar surface area (TPSA) is 46.2 Å². The van der Waals surface area contributed by atoms with Crippen LogP contribution < -0.4 is 4.72 Å². The maximum atomic E-state index is 11.6. The van der Waals surface area contributed by atoms with Crippen molar-refractivity contribution in [1.29, 1.82) is 0 Å². The van der Waals surface area contributed by atoms with Gasteiger partial charge in [0.15, 0.2) is 11.0 Å². The third-order valence-corrected chi connectivity index (χ3v) is 3.03. The Hall–Kier alpha value is -1.16. The zero-order valence-corrected chi connectivity index (χ0v) is 9.76. The molecule has 0 heterocycles. The van der Waals surface area contributed by atoms with Gasteiger partial charge in [-0.3, -0.25) is 9.52 Å². The lowest BCUT2D eigenvalue weighted by Gasteiger charge is -2.04. The number of carbonyl (C=O) groups excluding carboxylic acids is 1. The molecule has 0 aromatic heterocycles. The molecule has 0 saturated heterocycles. The molecule has 0 fully saturated rings. The number of nitrogens with one attached hydrogen (secondary N) is 1. The molecule has 3 nitrogen and oxygen atoms in total. The van der Waals surface area contributed by atoms with E-state index >= 15 is 0 Å². The Morgan fingerprint density at radius 3 is 2.47 bits per heavy atom. The molecular weight excluding hydrogens is 210 g/mol. The van der Waals surface area contributed by atoms with Crippen molar-refractivity contribution in [2.24, 2.45) is 0 Å². The highest BCUT2D eigenvalue weighted by Crippen LogP contribution is 2.06. The average Bonchev–Trinajstić information content (AvgIpc) is 2.18. The number of hydrogen-bond donors (Lipinski definition) is 1. The lowest BCUT2D eigenvalue weighted by Crippen LogP contribution is -2.25. The third kappa shape index (κ3) is 3.83. The summed E-state index contributed by atoms with van der Waals surface area (Å²) in [5.74, 6) is -0.170. The van der Waals surface area contributed by atoms with E-state index in [0.717, 1.165) is 12.0 Å². The van der Waals surface area contributed by atoms with Crippen LogP contribution >= 0.6 is 0 Å². The summed E-state index contributed by atoms with van der Waals surface area (Å²) in [7, 11) is -1.42. The molecule has 1 aromatic rings. The highest BCUT2D eigenvalue weighted by atomic mass is 32.2. The third-order valence-electron chi connectivity index (χ3n) is 1.92. The van der Waals surface area contributed by atoms with E-state index < -0.39 is 11.0 Å². The molecule has 4 heteroatoms. The predicted molar refractivity (Wildman–Crippen MR) is 60.6 cm³/mol. The molecule has 0 spiro atoms. The van der Waals surface area contributed by atoms with Crippen LogP contribution in [0.2, 0.25) is 0 Å². The van der Waals surface area contributed by atoms with Crippen LogP contribution in [-0.4, -0.2) is 10.1 Å². The molecule has 0 radical (unpaired) electrons. The number of aryl methyl sites for hydroxylation is 1. The molecular formula is C11H15NO2S. The standard InChI is InChI=1S/C11H15NO2S/c1-3-4-11(13)12-15(14)10-7-5-9(2)6-8-10/h5-8H,3-4H2,1-2H3,(H,12,13)/t15-/m1/s1. The summed E-state index contributed by atoms with van der Waals surface area (Å²) in [6, 6.07) is 7.27. The van der Waals surface area contributed by atoms with Crippen LogP contribution in [0, 0.1) is 6.92 Å². The van der Waals surface area contributed by atoms with Gasteiger partial charge >= 0.3 is 0 Å². The van der Waals surface area contributed by atoms with Gasteiger partial charge in [0.1, 0.15) is 0 Å². The number of carbonyl (C=O) groups is 1. The second kappa shape index (κ2) is 5.66. The van der Waals surface area contributed by atoms with Crippen LogP contribution in [-0.2, 0) is 15.8 Å². The van der Waals surface area contributed by atoms with E-state index in [4.69, 9.17) is 0 Å². The fourth-order valence-corrected chi connectivity index (χ4v) is 1.91. The second-order valence-corrected chi connectivity index (χ2v) is 4.57. The van der Waals surface area contributed by atoms with Gasteiger partial charge in [-0.2, -0.15) is 0 Å². The van der Waals surface area contributed by atoms with Crippen molar-refractivity contribution in [1.82, 2.24) is 4.72 Å². The Morgan fingerprint density at radius 1 is 1.33 bits per heavy atom. The molecule has 0 bridgehead atoms. The molecule has 1 amide bonds. The summed E-state index contributed by atoms with van der Waals surface area (Å²) in [6.07, 6.45) is 1.18. The van der Waals surface area contributed by atoms with Gasteiger partial charge < -0.3 is 0 Å². The van der Waals surface area contributed by atoms with Gasteiger partial charge in [0.25, 0.3) is 0 Å². The molecule has 0 saturated carbocycles. The number of amides is 1. The number of hydrogen-bond acceptors (Lipinski definition) is 2. The molecule has 0 unspecified atom stereocenters. The van der Waals surface area contributed by atoms with E-state index in [1.165, 1.54) is 0 Å². The highest BCUT2D eigenvalue weighted by Gasteiger charge is 2.06. The Bertz CT molecular complexity index is 359. The second-order valence-electron chi connectivity index (χ2n) is 3.36. The maximum absolute atomic E-state index is 11.6. The summed E-state index contributed by atoms with van der Waals surface area (Å²) in [6.45, 7) is 3.87. The van der Waals surface area contributed by atoms with Crippen molar-refractivity contribution in [2.75, 3.05) is 0 Å². The van der Waals surface area contributed by atoms with E-state index in [2.05, 4.69) is 4.72 Å². The lowest BCUT2D eigenvalue weighted by atomic mass is 10.2. The molecule has 1 atom stereocenters. The van der Waals surface area contributed by atoms with Crippen molar-refractivity contribution >= 4 is 16.9 Å². The SMILES string of the molecule is CCCC(=O)N[S@](=O)c1ccc(C)cc1. The largest absolute Gasteiger partial charge is 0.274 e. The molecule has 0 aliphatic rings. The van der Waals surface area contributed by atoms with Gasteiger partial charge in [0.2, 0.25) is 5.91 Å². The van der Waals surface area contributed by atoms with Crippen molar-refractivity contribution < 1.29 is 9.00 Å². The molecule has 82 valence electrons. The summed E-state index contributed by atoms with van der Waals surface area (Å²) in [5, 5.41) is 0. The average molecular weight is 225 g/mol. The van der Waals surface area contributed by atoms with E-state index in [-0.39, 0.29) is 5.91 Å². The van der Waals surface area contributed by atoms with Gasteiger partial charge in [-0.1, -0.05) is 24.6 Å². The number of benzene rings is 1. The summed E-state index contributed by atoms with van der Waals surface area (Å²) in [4.78, 5) is 11.8. The van der Waals surface area contributed by atoms with Gasteiger partial charge in [-0.25, -0.2) is 4.21 Å². The Labute approximate surface area is 92.5 Å². The molecule has 15 heavy (non-hydrogen) atoms. The van der Waals surface area contributed by atoms with Crippen molar-refractivity contribution in [3.8, 4) is 0 Å². The first kappa shape index (κ1) is 11.9. The molecule has 1 aromatic carbocycles. The zero-order valence-electron chi connectivity index (χ0n) is 8.95. The first-order valence-electron chi connectivity index (χ1n) is 4.91.